The molecule has 10 heteroatoms. The number of carbonyl (C=O) groups excluding carboxylic acids is 1. The molecule has 0 aliphatic carbocycles. The van der Waals surface area contributed by atoms with E-state index in [1.54, 1.807) is 6.08 Å². The maximum absolute atomic E-state index is 12.2. The van der Waals surface area contributed by atoms with E-state index >= 15 is 0 Å². The van der Waals surface area contributed by atoms with E-state index in [4.69, 9.17) is 5.11 Å². The molecule has 2 aromatic rings. The van der Waals surface area contributed by atoms with Gasteiger partial charge in [0.2, 0.25) is 10.0 Å². The minimum absolute atomic E-state index is 0.109. The molecule has 0 fully saturated rings. The van der Waals surface area contributed by atoms with Crippen molar-refractivity contribution >= 4 is 66.5 Å². The van der Waals surface area contributed by atoms with E-state index in [0.717, 1.165) is 8.66 Å². The fourth-order valence-corrected chi connectivity index (χ4v) is 4.63. The average molecular weight is 443 g/mol. The van der Waals surface area contributed by atoms with Gasteiger partial charge in [-0.3, -0.25) is 9.59 Å². The predicted octanol–water partition coefficient (Wildman–Crippen LogP) is 2.37. The van der Waals surface area contributed by atoms with E-state index in [1.807, 2.05) is 16.9 Å². The first kappa shape index (κ1) is 17.8. The van der Waals surface area contributed by atoms with Crippen LogP contribution in [-0.2, 0) is 19.6 Å². The quantitative estimate of drug-likeness (QED) is 0.615. The van der Waals surface area contributed by atoms with Crippen LogP contribution in [0.2, 0.25) is 0 Å². The molecule has 1 aromatic carbocycles. The molecule has 0 spiro atoms. The van der Waals surface area contributed by atoms with Crippen molar-refractivity contribution in [1.82, 2.24) is 4.72 Å². The van der Waals surface area contributed by atoms with Crippen LogP contribution in [0.5, 0.6) is 0 Å². The number of aliphatic carboxylic acids is 1. The van der Waals surface area contributed by atoms with Crippen LogP contribution in [0.15, 0.2) is 39.0 Å². The Morgan fingerprint density at radius 3 is 2.72 bits per heavy atom. The van der Waals surface area contributed by atoms with Crippen molar-refractivity contribution in [3.63, 3.8) is 0 Å². The Kier molecular flexibility index (Phi) is 4.78. The van der Waals surface area contributed by atoms with Gasteiger partial charge in [0.05, 0.1) is 14.3 Å². The zero-order chi connectivity index (χ0) is 18.2. The van der Waals surface area contributed by atoms with Gasteiger partial charge in [0.15, 0.2) is 0 Å². The van der Waals surface area contributed by atoms with Crippen LogP contribution >= 0.6 is 27.3 Å². The zero-order valence-electron chi connectivity index (χ0n) is 12.4. The van der Waals surface area contributed by atoms with Crippen molar-refractivity contribution in [3.8, 4) is 0 Å². The number of carboxylic acid groups (broad SMARTS) is 1. The molecule has 1 aromatic heterocycles. The molecule has 0 radical (unpaired) electrons. The van der Waals surface area contributed by atoms with E-state index in [1.165, 1.54) is 29.5 Å². The SMILES string of the molecule is O=C(O)CNS(=O)(=O)c1ccc2c(c1)/C(=C/c1ccc(Br)s1)C(=O)N2. The molecule has 1 amide bonds. The van der Waals surface area contributed by atoms with Gasteiger partial charge in [-0.05, 0) is 52.3 Å². The maximum Gasteiger partial charge on any atom is 0.318 e. The number of carboxylic acids is 1. The van der Waals surface area contributed by atoms with Crippen LogP contribution < -0.4 is 10.0 Å². The van der Waals surface area contributed by atoms with Crippen LogP contribution in [0.1, 0.15) is 10.4 Å². The minimum atomic E-state index is -3.99. The predicted molar refractivity (Wildman–Crippen MR) is 97.8 cm³/mol. The normalized spacial score (nSPS) is 15.2. The summed E-state index contributed by atoms with van der Waals surface area (Å²) in [6.45, 7) is -0.720. The standard InChI is InChI=1S/C15H11BrN2O5S2/c16-13-4-1-8(24-13)5-11-10-6-9(2-3-12(10)18-15(11)21)25(22,23)17-7-14(19)20/h1-6,17H,7H2,(H,18,21)(H,19,20)/b11-5-. The fraction of sp³-hybridized carbons (Fsp3) is 0.0667. The highest BCUT2D eigenvalue weighted by Gasteiger charge is 2.27. The van der Waals surface area contributed by atoms with E-state index in [9.17, 15) is 18.0 Å². The first-order valence-electron chi connectivity index (χ1n) is 6.90. The Bertz CT molecular complexity index is 1010. The van der Waals surface area contributed by atoms with Crippen LogP contribution in [0.4, 0.5) is 5.69 Å². The van der Waals surface area contributed by atoms with Crippen molar-refractivity contribution in [2.24, 2.45) is 0 Å². The molecular formula is C15H11BrN2O5S2. The minimum Gasteiger partial charge on any atom is -0.480 e. The Balaban J connectivity index is 2.00. The number of fused-ring (bicyclic) bond motifs is 1. The molecule has 0 saturated heterocycles. The fourth-order valence-electron chi connectivity index (χ4n) is 2.27. The first-order valence-corrected chi connectivity index (χ1v) is 10.00. The molecule has 0 saturated carbocycles. The topological polar surface area (TPSA) is 113 Å². The number of halogens is 1. The van der Waals surface area contributed by atoms with E-state index in [-0.39, 0.29) is 10.8 Å². The van der Waals surface area contributed by atoms with Crippen molar-refractivity contribution in [2.75, 3.05) is 11.9 Å². The van der Waals surface area contributed by atoms with Gasteiger partial charge >= 0.3 is 5.97 Å². The molecule has 2 heterocycles. The highest BCUT2D eigenvalue weighted by Crippen LogP contribution is 2.36. The zero-order valence-corrected chi connectivity index (χ0v) is 15.7. The summed E-state index contributed by atoms with van der Waals surface area (Å²) in [7, 11) is -3.99. The number of anilines is 1. The number of thiophene rings is 1. The Morgan fingerprint density at radius 2 is 2.08 bits per heavy atom. The van der Waals surface area contributed by atoms with E-state index in [0.29, 0.717) is 16.8 Å². The summed E-state index contributed by atoms with van der Waals surface area (Å²) in [5.41, 5.74) is 1.30. The largest absolute Gasteiger partial charge is 0.480 e. The Labute approximate surface area is 155 Å². The number of hydrogen-bond acceptors (Lipinski definition) is 5. The number of nitrogens with one attached hydrogen (secondary N) is 2. The highest BCUT2D eigenvalue weighted by molar-refractivity contribution is 9.11. The third-order valence-electron chi connectivity index (χ3n) is 3.38. The molecule has 1 aliphatic heterocycles. The van der Waals surface area contributed by atoms with E-state index < -0.39 is 22.5 Å². The van der Waals surface area contributed by atoms with Gasteiger partial charge in [-0.15, -0.1) is 11.3 Å². The second kappa shape index (κ2) is 6.71. The lowest BCUT2D eigenvalue weighted by Gasteiger charge is -2.06. The second-order valence-corrected chi connectivity index (χ2v) is 9.34. The van der Waals surface area contributed by atoms with Gasteiger partial charge in [0.25, 0.3) is 5.91 Å². The molecule has 0 atom stereocenters. The number of hydrogen-bond donors (Lipinski definition) is 3. The maximum atomic E-state index is 12.2. The number of carbonyl (C=O) groups is 2. The third kappa shape index (κ3) is 3.82. The summed E-state index contributed by atoms with van der Waals surface area (Å²) >= 11 is 4.78. The Morgan fingerprint density at radius 1 is 1.32 bits per heavy atom. The molecule has 25 heavy (non-hydrogen) atoms. The molecule has 7 nitrogen and oxygen atoms in total. The van der Waals surface area contributed by atoms with Crippen LogP contribution in [-0.4, -0.2) is 31.9 Å². The molecule has 0 unspecified atom stereocenters. The van der Waals surface area contributed by atoms with Crippen molar-refractivity contribution in [2.45, 2.75) is 4.90 Å². The summed E-state index contributed by atoms with van der Waals surface area (Å²) in [5, 5.41) is 11.3. The Hall–Kier alpha value is -2.01. The third-order valence-corrected chi connectivity index (χ3v) is 6.35. The summed E-state index contributed by atoms with van der Waals surface area (Å²) in [6, 6.07) is 7.83. The van der Waals surface area contributed by atoms with Gasteiger partial charge in [-0.25, -0.2) is 8.42 Å². The molecule has 130 valence electrons. The first-order chi connectivity index (χ1) is 11.8. The van der Waals surface area contributed by atoms with Gasteiger partial charge in [-0.2, -0.15) is 4.72 Å². The molecule has 3 N–H and O–H groups in total. The van der Waals surface area contributed by atoms with Gasteiger partial charge in [0.1, 0.15) is 6.54 Å². The number of benzene rings is 1. The number of amides is 1. The highest BCUT2D eigenvalue weighted by atomic mass is 79.9. The summed E-state index contributed by atoms with van der Waals surface area (Å²) in [6.07, 6.45) is 1.68. The van der Waals surface area contributed by atoms with Crippen molar-refractivity contribution in [1.29, 1.82) is 0 Å². The molecule has 1 aliphatic rings. The molecule has 0 bridgehead atoms. The van der Waals surface area contributed by atoms with Crippen molar-refractivity contribution in [3.05, 3.63) is 44.6 Å². The summed E-state index contributed by atoms with van der Waals surface area (Å²) in [4.78, 5) is 23.5. The van der Waals surface area contributed by atoms with Gasteiger partial charge in [0, 0.05) is 16.1 Å². The van der Waals surface area contributed by atoms with Crippen LogP contribution in [0.25, 0.3) is 11.6 Å². The van der Waals surface area contributed by atoms with Gasteiger partial charge < -0.3 is 10.4 Å². The van der Waals surface area contributed by atoms with Crippen LogP contribution in [0.3, 0.4) is 0 Å². The molecule has 3 rings (SSSR count). The second-order valence-electron chi connectivity index (χ2n) is 5.08. The van der Waals surface area contributed by atoms with Crippen LogP contribution in [0, 0.1) is 0 Å². The molecular weight excluding hydrogens is 432 g/mol. The average Bonchev–Trinajstić information content (AvgIpc) is 3.09. The summed E-state index contributed by atoms with van der Waals surface area (Å²) in [5.74, 6) is -1.61. The number of rotatable bonds is 5. The monoisotopic (exact) mass is 442 g/mol. The van der Waals surface area contributed by atoms with Gasteiger partial charge in [-0.1, -0.05) is 0 Å². The lowest BCUT2D eigenvalue weighted by molar-refractivity contribution is -0.135. The van der Waals surface area contributed by atoms with E-state index in [2.05, 4.69) is 21.2 Å². The van der Waals surface area contributed by atoms with Crippen molar-refractivity contribution < 1.29 is 23.1 Å². The smallest absolute Gasteiger partial charge is 0.318 e. The lowest BCUT2D eigenvalue weighted by Crippen LogP contribution is -2.29. The summed E-state index contributed by atoms with van der Waals surface area (Å²) < 4.78 is 27.3. The number of sulfonamides is 1. The lowest BCUT2D eigenvalue weighted by atomic mass is 10.1.